The molecule has 1 rings (SSSR count). The number of carbonyl (C=O) groups excluding carboxylic acids is 1. The molecule has 1 saturated carbocycles. The molecule has 1 fully saturated rings. The third kappa shape index (κ3) is 7.48. The van der Waals surface area contributed by atoms with Crippen molar-refractivity contribution in [3.8, 4) is 0 Å². The van der Waals surface area contributed by atoms with Crippen LogP contribution in [0.25, 0.3) is 0 Å². The van der Waals surface area contributed by atoms with E-state index in [9.17, 15) is 9.90 Å². The van der Waals surface area contributed by atoms with E-state index in [2.05, 4.69) is 6.92 Å². The summed E-state index contributed by atoms with van der Waals surface area (Å²) in [6.07, 6.45) is 11.9. The quantitative estimate of drug-likeness (QED) is 0.466. The molecule has 0 unspecified atom stereocenters. The summed E-state index contributed by atoms with van der Waals surface area (Å²) in [5, 5.41) is 10.7. The summed E-state index contributed by atoms with van der Waals surface area (Å²) in [6, 6.07) is 0. The van der Waals surface area contributed by atoms with Crippen LogP contribution in [0.4, 0.5) is 0 Å². The van der Waals surface area contributed by atoms with Gasteiger partial charge >= 0.3 is 29.6 Å². The number of aliphatic carboxylic acids is 1. The molecule has 0 spiro atoms. The maximum atomic E-state index is 10.7. The predicted molar refractivity (Wildman–Crippen MR) is 63.8 cm³/mol. The number of carboxylic acids is 1. The van der Waals surface area contributed by atoms with Crippen LogP contribution in [0.1, 0.15) is 71.1 Å². The molecule has 17 heavy (non-hydrogen) atoms. The zero-order valence-electron chi connectivity index (χ0n) is 11.5. The van der Waals surface area contributed by atoms with Crippen LogP contribution in [-0.4, -0.2) is 5.97 Å². The molecule has 3 heteroatoms. The number of hydrogen-bond acceptors (Lipinski definition) is 2. The second-order valence-electron chi connectivity index (χ2n) is 5.24. The normalized spacial score (nSPS) is 24.1. The molecule has 0 bridgehead atoms. The Morgan fingerprint density at radius 1 is 1.06 bits per heavy atom. The topological polar surface area (TPSA) is 40.1 Å². The maximum Gasteiger partial charge on any atom is 1.00 e. The van der Waals surface area contributed by atoms with Crippen molar-refractivity contribution in [3.05, 3.63) is 0 Å². The molecule has 0 aromatic carbocycles. The minimum Gasteiger partial charge on any atom is -0.550 e. The van der Waals surface area contributed by atoms with Gasteiger partial charge in [-0.2, -0.15) is 0 Å². The Bertz CT molecular complexity index is 198. The average Bonchev–Trinajstić information content (AvgIpc) is 2.29. The van der Waals surface area contributed by atoms with Crippen LogP contribution in [-0.2, 0) is 4.79 Å². The summed E-state index contributed by atoms with van der Waals surface area (Å²) in [6.45, 7) is 2.24. The summed E-state index contributed by atoms with van der Waals surface area (Å²) in [5.74, 6) is -0.199. The largest absolute Gasteiger partial charge is 1.00 e. The Hall–Kier alpha value is 0.470. The molecule has 0 amide bonds. The van der Waals surface area contributed by atoms with E-state index in [1.807, 2.05) is 0 Å². The van der Waals surface area contributed by atoms with Gasteiger partial charge in [0.15, 0.2) is 0 Å². The van der Waals surface area contributed by atoms with Crippen LogP contribution in [0.2, 0.25) is 0 Å². The van der Waals surface area contributed by atoms with Crippen LogP contribution in [0, 0.1) is 11.8 Å². The Labute approximate surface area is 128 Å². The van der Waals surface area contributed by atoms with Gasteiger partial charge in [-0.1, -0.05) is 45.4 Å². The van der Waals surface area contributed by atoms with E-state index in [-0.39, 0.29) is 35.5 Å². The zero-order valence-corrected chi connectivity index (χ0v) is 13.5. The van der Waals surface area contributed by atoms with Crippen LogP contribution in [0.5, 0.6) is 0 Å². The third-order valence-electron chi connectivity index (χ3n) is 3.90. The molecular formula is C14H25NaO2. The molecule has 94 valence electrons. The Morgan fingerprint density at radius 3 is 2.18 bits per heavy atom. The second-order valence-corrected chi connectivity index (χ2v) is 5.24. The second kappa shape index (κ2) is 10.4. The van der Waals surface area contributed by atoms with Crippen molar-refractivity contribution in [3.63, 3.8) is 0 Å². The Kier molecular flexibility index (Phi) is 10.7. The fourth-order valence-electron chi connectivity index (χ4n) is 2.72. The van der Waals surface area contributed by atoms with Crippen LogP contribution in [0.15, 0.2) is 0 Å². The third-order valence-corrected chi connectivity index (χ3v) is 3.90. The molecule has 0 heterocycles. The molecule has 2 nitrogen and oxygen atoms in total. The SMILES string of the molecule is CCCCCCCC1CCC(C(=O)[O-])CC1.[Na+]. The van der Waals surface area contributed by atoms with Crippen molar-refractivity contribution in [1.82, 2.24) is 0 Å². The molecule has 0 saturated heterocycles. The zero-order chi connectivity index (χ0) is 11.8. The number of hydrogen-bond donors (Lipinski definition) is 0. The number of carboxylic acid groups (broad SMARTS) is 1. The minimum absolute atomic E-state index is 0. The van der Waals surface area contributed by atoms with E-state index in [1.165, 1.54) is 38.5 Å². The monoisotopic (exact) mass is 248 g/mol. The van der Waals surface area contributed by atoms with Crippen molar-refractivity contribution in [2.75, 3.05) is 0 Å². The van der Waals surface area contributed by atoms with Gasteiger partial charge in [-0.05, 0) is 37.5 Å². The summed E-state index contributed by atoms with van der Waals surface area (Å²) in [4.78, 5) is 10.7. The number of carbonyl (C=O) groups is 1. The first kappa shape index (κ1) is 17.5. The van der Waals surface area contributed by atoms with Crippen molar-refractivity contribution < 1.29 is 39.5 Å². The first-order chi connectivity index (χ1) is 7.74. The van der Waals surface area contributed by atoms with E-state index in [4.69, 9.17) is 0 Å². The smallest absolute Gasteiger partial charge is 0.550 e. The van der Waals surface area contributed by atoms with E-state index >= 15 is 0 Å². The average molecular weight is 248 g/mol. The van der Waals surface area contributed by atoms with Gasteiger partial charge in [-0.3, -0.25) is 0 Å². The summed E-state index contributed by atoms with van der Waals surface area (Å²) < 4.78 is 0. The standard InChI is InChI=1S/C14H26O2.Na/c1-2-3-4-5-6-7-12-8-10-13(11-9-12)14(15)16;/h12-13H,2-11H2,1H3,(H,15,16);/q;+1/p-1. The van der Waals surface area contributed by atoms with Gasteiger partial charge in [-0.25, -0.2) is 0 Å². The van der Waals surface area contributed by atoms with Gasteiger partial charge in [0, 0.05) is 5.97 Å². The molecule has 1 aliphatic carbocycles. The van der Waals surface area contributed by atoms with Gasteiger partial charge in [-0.15, -0.1) is 0 Å². The van der Waals surface area contributed by atoms with E-state index in [0.717, 1.165) is 31.6 Å². The molecule has 0 aliphatic heterocycles. The summed E-state index contributed by atoms with van der Waals surface area (Å²) >= 11 is 0. The van der Waals surface area contributed by atoms with Crippen molar-refractivity contribution >= 4 is 5.97 Å². The fourth-order valence-corrected chi connectivity index (χ4v) is 2.72. The molecule has 0 N–H and O–H groups in total. The predicted octanol–water partition coefficient (Wildman–Crippen LogP) is -0.0928. The molecule has 0 atom stereocenters. The molecular weight excluding hydrogens is 223 g/mol. The van der Waals surface area contributed by atoms with Gasteiger partial charge < -0.3 is 9.90 Å². The van der Waals surface area contributed by atoms with Crippen LogP contribution >= 0.6 is 0 Å². The summed E-state index contributed by atoms with van der Waals surface area (Å²) in [7, 11) is 0. The van der Waals surface area contributed by atoms with Gasteiger partial charge in [0.05, 0.1) is 0 Å². The summed E-state index contributed by atoms with van der Waals surface area (Å²) in [5.41, 5.74) is 0. The van der Waals surface area contributed by atoms with Crippen molar-refractivity contribution in [2.45, 2.75) is 71.1 Å². The number of rotatable bonds is 7. The Morgan fingerprint density at radius 2 is 1.65 bits per heavy atom. The van der Waals surface area contributed by atoms with Gasteiger partial charge in [0.25, 0.3) is 0 Å². The van der Waals surface area contributed by atoms with Gasteiger partial charge in [0.2, 0.25) is 0 Å². The van der Waals surface area contributed by atoms with E-state index < -0.39 is 5.97 Å². The maximum absolute atomic E-state index is 10.7. The Balaban J connectivity index is 0.00000256. The number of unbranched alkanes of at least 4 members (excludes halogenated alkanes) is 4. The first-order valence-corrected chi connectivity index (χ1v) is 6.95. The molecule has 0 aromatic heterocycles. The van der Waals surface area contributed by atoms with Crippen LogP contribution < -0.4 is 34.7 Å². The van der Waals surface area contributed by atoms with Crippen LogP contribution in [0.3, 0.4) is 0 Å². The van der Waals surface area contributed by atoms with Gasteiger partial charge in [0.1, 0.15) is 0 Å². The van der Waals surface area contributed by atoms with E-state index in [1.54, 1.807) is 0 Å². The minimum atomic E-state index is -0.832. The van der Waals surface area contributed by atoms with E-state index in [0.29, 0.717) is 0 Å². The molecule has 1 aliphatic rings. The molecule has 0 aromatic rings. The first-order valence-electron chi connectivity index (χ1n) is 6.95. The van der Waals surface area contributed by atoms with Crippen molar-refractivity contribution in [1.29, 1.82) is 0 Å². The van der Waals surface area contributed by atoms with Crippen molar-refractivity contribution in [2.24, 2.45) is 11.8 Å². The molecule has 0 radical (unpaired) electrons. The fraction of sp³-hybridized carbons (Fsp3) is 0.929.